The number of aryl methyl sites for hydroxylation is 1. The number of anilines is 1. The largest absolute Gasteiger partial charge is 0.493 e. The van der Waals surface area contributed by atoms with Gasteiger partial charge in [-0.25, -0.2) is 0 Å². The fourth-order valence-corrected chi connectivity index (χ4v) is 1.71. The Morgan fingerprint density at radius 3 is 2.47 bits per heavy atom. The predicted molar refractivity (Wildman–Crippen MR) is 73.4 cm³/mol. The van der Waals surface area contributed by atoms with Crippen molar-refractivity contribution in [3.8, 4) is 23.3 Å². The third kappa shape index (κ3) is 2.78. The lowest BCUT2D eigenvalue weighted by Crippen LogP contribution is -1.94. The summed E-state index contributed by atoms with van der Waals surface area (Å²) in [6, 6.07) is 12.7. The predicted octanol–water partition coefficient (Wildman–Crippen LogP) is 3.25. The number of ether oxygens (including phenoxy) is 2. The number of hydrogen-bond acceptors (Lipinski definition) is 4. The van der Waals surface area contributed by atoms with Crippen molar-refractivity contribution in [1.29, 1.82) is 5.26 Å². The molecule has 0 aliphatic carbocycles. The van der Waals surface area contributed by atoms with Crippen LogP contribution in [-0.2, 0) is 0 Å². The normalized spacial score (nSPS) is 9.74. The number of methoxy groups -OCH3 is 1. The van der Waals surface area contributed by atoms with Crippen molar-refractivity contribution < 1.29 is 9.47 Å². The fourth-order valence-electron chi connectivity index (χ4n) is 1.71. The molecule has 0 atom stereocenters. The van der Waals surface area contributed by atoms with Crippen molar-refractivity contribution in [3.05, 3.63) is 47.5 Å². The van der Waals surface area contributed by atoms with Crippen LogP contribution in [0.15, 0.2) is 36.4 Å². The van der Waals surface area contributed by atoms with Gasteiger partial charge in [0.15, 0.2) is 11.5 Å². The SMILES string of the molecule is COc1cc(N)ccc1Oc1ccc(C)cc1C#N. The highest BCUT2D eigenvalue weighted by Gasteiger charge is 2.09. The molecule has 96 valence electrons. The van der Waals surface area contributed by atoms with Crippen molar-refractivity contribution in [2.75, 3.05) is 12.8 Å². The van der Waals surface area contributed by atoms with E-state index in [0.717, 1.165) is 5.56 Å². The summed E-state index contributed by atoms with van der Waals surface area (Å²) in [6.45, 7) is 1.93. The van der Waals surface area contributed by atoms with E-state index in [4.69, 9.17) is 20.5 Å². The first kappa shape index (κ1) is 12.8. The van der Waals surface area contributed by atoms with Gasteiger partial charge in [-0.3, -0.25) is 0 Å². The second-order valence-electron chi connectivity index (χ2n) is 4.12. The molecule has 2 aromatic rings. The van der Waals surface area contributed by atoms with E-state index < -0.39 is 0 Å². The van der Waals surface area contributed by atoms with Crippen LogP contribution in [0.5, 0.6) is 17.2 Å². The molecule has 2 rings (SSSR count). The number of rotatable bonds is 3. The standard InChI is InChI=1S/C15H14N2O2/c1-10-3-5-13(11(7-10)9-16)19-14-6-4-12(17)8-15(14)18-2/h3-8H,17H2,1-2H3. The average molecular weight is 254 g/mol. The lowest BCUT2D eigenvalue weighted by atomic mass is 10.1. The van der Waals surface area contributed by atoms with Gasteiger partial charge >= 0.3 is 0 Å². The Hall–Kier alpha value is -2.67. The summed E-state index contributed by atoms with van der Waals surface area (Å²) in [4.78, 5) is 0. The highest BCUT2D eigenvalue weighted by atomic mass is 16.5. The molecule has 0 aliphatic rings. The topological polar surface area (TPSA) is 68.3 Å². The van der Waals surface area contributed by atoms with Gasteiger partial charge in [-0.1, -0.05) is 6.07 Å². The Morgan fingerprint density at radius 2 is 1.79 bits per heavy atom. The number of nitriles is 1. The van der Waals surface area contributed by atoms with Crippen LogP contribution >= 0.6 is 0 Å². The number of nitrogens with two attached hydrogens (primary N) is 1. The van der Waals surface area contributed by atoms with E-state index in [1.165, 1.54) is 0 Å². The van der Waals surface area contributed by atoms with Gasteiger partial charge in [0, 0.05) is 11.8 Å². The zero-order chi connectivity index (χ0) is 13.8. The molecule has 0 heterocycles. The van der Waals surface area contributed by atoms with E-state index in [1.807, 2.05) is 13.0 Å². The summed E-state index contributed by atoms with van der Waals surface area (Å²) in [5, 5.41) is 9.11. The van der Waals surface area contributed by atoms with Crippen LogP contribution in [0.2, 0.25) is 0 Å². The van der Waals surface area contributed by atoms with Gasteiger partial charge < -0.3 is 15.2 Å². The van der Waals surface area contributed by atoms with Gasteiger partial charge in [0.05, 0.1) is 12.7 Å². The fraction of sp³-hybridized carbons (Fsp3) is 0.133. The molecule has 0 radical (unpaired) electrons. The molecule has 0 bridgehead atoms. The van der Waals surface area contributed by atoms with Crippen LogP contribution in [0, 0.1) is 18.3 Å². The van der Waals surface area contributed by atoms with E-state index >= 15 is 0 Å². The molecule has 0 spiro atoms. The zero-order valence-electron chi connectivity index (χ0n) is 10.8. The van der Waals surface area contributed by atoms with Gasteiger partial charge in [-0.05, 0) is 36.8 Å². The molecule has 0 saturated carbocycles. The molecule has 0 aromatic heterocycles. The van der Waals surface area contributed by atoms with Crippen LogP contribution in [-0.4, -0.2) is 7.11 Å². The van der Waals surface area contributed by atoms with Crippen LogP contribution in [0.4, 0.5) is 5.69 Å². The smallest absolute Gasteiger partial charge is 0.169 e. The summed E-state index contributed by atoms with van der Waals surface area (Å²) >= 11 is 0. The second-order valence-corrected chi connectivity index (χ2v) is 4.12. The molecule has 19 heavy (non-hydrogen) atoms. The Morgan fingerprint density at radius 1 is 1.05 bits per heavy atom. The molecule has 4 heteroatoms. The molecular weight excluding hydrogens is 240 g/mol. The first-order valence-electron chi connectivity index (χ1n) is 5.76. The van der Waals surface area contributed by atoms with E-state index in [0.29, 0.717) is 28.5 Å². The third-order valence-corrected chi connectivity index (χ3v) is 2.66. The number of nitrogens with zero attached hydrogens (tertiary/aromatic N) is 1. The van der Waals surface area contributed by atoms with Crippen LogP contribution < -0.4 is 15.2 Å². The molecule has 4 nitrogen and oxygen atoms in total. The first-order chi connectivity index (χ1) is 9.13. The minimum absolute atomic E-state index is 0.485. The summed E-state index contributed by atoms with van der Waals surface area (Å²) in [6.07, 6.45) is 0. The third-order valence-electron chi connectivity index (χ3n) is 2.66. The monoisotopic (exact) mass is 254 g/mol. The molecule has 0 amide bonds. The second kappa shape index (κ2) is 5.32. The first-order valence-corrected chi connectivity index (χ1v) is 5.76. The Labute approximate surface area is 112 Å². The highest BCUT2D eigenvalue weighted by Crippen LogP contribution is 2.34. The molecular formula is C15H14N2O2. The number of hydrogen-bond donors (Lipinski definition) is 1. The van der Waals surface area contributed by atoms with Crippen molar-refractivity contribution in [1.82, 2.24) is 0 Å². The van der Waals surface area contributed by atoms with E-state index in [9.17, 15) is 0 Å². The molecule has 0 fully saturated rings. The summed E-state index contributed by atoms with van der Waals surface area (Å²) < 4.78 is 10.9. The Bertz CT molecular complexity index is 645. The van der Waals surface area contributed by atoms with Crippen LogP contribution in [0.25, 0.3) is 0 Å². The summed E-state index contributed by atoms with van der Waals surface area (Å²) in [5.74, 6) is 1.55. The van der Waals surface area contributed by atoms with Crippen molar-refractivity contribution >= 4 is 5.69 Å². The van der Waals surface area contributed by atoms with Crippen LogP contribution in [0.3, 0.4) is 0 Å². The van der Waals surface area contributed by atoms with Gasteiger partial charge in [0.2, 0.25) is 0 Å². The van der Waals surface area contributed by atoms with Gasteiger partial charge in [0.25, 0.3) is 0 Å². The van der Waals surface area contributed by atoms with Gasteiger partial charge in [-0.2, -0.15) is 5.26 Å². The molecule has 2 aromatic carbocycles. The summed E-state index contributed by atoms with van der Waals surface area (Å²) in [5.41, 5.74) is 7.77. The Balaban J connectivity index is 2.39. The molecule has 2 N–H and O–H groups in total. The van der Waals surface area contributed by atoms with Crippen molar-refractivity contribution in [3.63, 3.8) is 0 Å². The zero-order valence-corrected chi connectivity index (χ0v) is 10.8. The summed E-state index contributed by atoms with van der Waals surface area (Å²) in [7, 11) is 1.54. The van der Waals surface area contributed by atoms with Gasteiger partial charge in [0.1, 0.15) is 11.8 Å². The van der Waals surface area contributed by atoms with Crippen molar-refractivity contribution in [2.24, 2.45) is 0 Å². The number of nitrogen functional groups attached to an aromatic ring is 1. The highest BCUT2D eigenvalue weighted by molar-refractivity contribution is 5.55. The average Bonchev–Trinajstić information content (AvgIpc) is 2.42. The van der Waals surface area contributed by atoms with E-state index in [1.54, 1.807) is 37.4 Å². The maximum atomic E-state index is 9.11. The molecule has 0 saturated heterocycles. The number of benzene rings is 2. The molecule has 0 unspecified atom stereocenters. The lowest BCUT2D eigenvalue weighted by molar-refractivity contribution is 0.379. The minimum Gasteiger partial charge on any atom is -0.493 e. The van der Waals surface area contributed by atoms with E-state index in [-0.39, 0.29) is 0 Å². The van der Waals surface area contributed by atoms with Crippen LogP contribution in [0.1, 0.15) is 11.1 Å². The van der Waals surface area contributed by atoms with E-state index in [2.05, 4.69) is 6.07 Å². The van der Waals surface area contributed by atoms with Gasteiger partial charge in [-0.15, -0.1) is 0 Å². The maximum absolute atomic E-state index is 9.11. The van der Waals surface area contributed by atoms with Crippen molar-refractivity contribution in [2.45, 2.75) is 6.92 Å². The molecule has 0 aliphatic heterocycles. The maximum Gasteiger partial charge on any atom is 0.169 e. The minimum atomic E-state index is 0.485. The quantitative estimate of drug-likeness (QED) is 0.854. The lowest BCUT2D eigenvalue weighted by Gasteiger charge is -2.12. The Kier molecular flexibility index (Phi) is 3.58.